The van der Waals surface area contributed by atoms with Crippen molar-refractivity contribution in [3.05, 3.63) is 65.9 Å². The summed E-state index contributed by atoms with van der Waals surface area (Å²) in [6.45, 7) is 9.43. The minimum absolute atomic E-state index is 0.0293. The maximum atomic E-state index is 13.2. The van der Waals surface area contributed by atoms with Crippen LogP contribution in [0.4, 0.5) is 10.5 Å². The Morgan fingerprint density at radius 2 is 1.95 bits per heavy atom. The third-order valence-electron chi connectivity index (χ3n) is 7.37. The number of carbonyl (C=O) groups is 2. The number of anilines is 1. The number of imidazole rings is 1. The van der Waals surface area contributed by atoms with Crippen LogP contribution in [0.2, 0.25) is 0 Å². The summed E-state index contributed by atoms with van der Waals surface area (Å²) in [5.41, 5.74) is 2.79. The van der Waals surface area contributed by atoms with Gasteiger partial charge in [-0.3, -0.25) is 9.20 Å². The first-order valence-electron chi connectivity index (χ1n) is 13.9. The van der Waals surface area contributed by atoms with Crippen LogP contribution in [0, 0.1) is 6.92 Å². The molecule has 42 heavy (non-hydrogen) atoms. The lowest BCUT2D eigenvalue weighted by molar-refractivity contribution is 0.0295. The lowest BCUT2D eigenvalue weighted by atomic mass is 10.0. The van der Waals surface area contributed by atoms with Gasteiger partial charge >= 0.3 is 6.09 Å². The summed E-state index contributed by atoms with van der Waals surface area (Å²) in [5, 5.41) is 7.02. The van der Waals surface area contributed by atoms with Crippen LogP contribution in [0.1, 0.15) is 55.1 Å². The van der Waals surface area contributed by atoms with E-state index in [0.29, 0.717) is 66.9 Å². The van der Waals surface area contributed by atoms with Gasteiger partial charge in [-0.15, -0.1) is 0 Å². The number of aryl methyl sites for hydroxylation is 1. The smallest absolute Gasteiger partial charge is 0.410 e. The molecule has 0 spiro atoms. The van der Waals surface area contributed by atoms with E-state index in [1.807, 2.05) is 68.4 Å². The molecule has 2 aliphatic heterocycles. The normalized spacial score (nSPS) is 18.7. The van der Waals surface area contributed by atoms with Crippen molar-refractivity contribution >= 4 is 34.3 Å². The Balaban J connectivity index is 1.07. The Morgan fingerprint density at radius 1 is 1.14 bits per heavy atom. The molecule has 220 valence electrons. The van der Waals surface area contributed by atoms with Gasteiger partial charge in [0.1, 0.15) is 16.9 Å². The molecule has 12 nitrogen and oxygen atoms in total. The molecule has 5 heterocycles. The topological polar surface area (TPSA) is 135 Å². The zero-order valence-electron chi connectivity index (χ0n) is 23.9. The van der Waals surface area contributed by atoms with Gasteiger partial charge in [-0.25, -0.2) is 18.3 Å². The molecule has 2 saturated heterocycles. The number of carbonyl (C=O) groups excluding carboxylic acids is 2. The van der Waals surface area contributed by atoms with E-state index in [1.54, 1.807) is 21.7 Å². The minimum atomic E-state index is -1.22. The van der Waals surface area contributed by atoms with Gasteiger partial charge in [-0.05, 0) is 57.9 Å². The highest BCUT2D eigenvalue weighted by atomic mass is 32.2. The van der Waals surface area contributed by atoms with Gasteiger partial charge in [0.05, 0.1) is 28.4 Å². The average Bonchev–Trinajstić information content (AvgIpc) is 3.68. The van der Waals surface area contributed by atoms with Gasteiger partial charge in [-0.2, -0.15) is 4.98 Å². The average molecular weight is 592 g/mol. The van der Waals surface area contributed by atoms with Crippen LogP contribution < -0.4 is 5.32 Å². The zero-order valence-corrected chi connectivity index (χ0v) is 24.8. The summed E-state index contributed by atoms with van der Waals surface area (Å²) in [5.74, 6) is 0.593. The van der Waals surface area contributed by atoms with E-state index in [-0.39, 0.29) is 23.2 Å². The number of pyridine rings is 1. The number of ether oxygens (including phenoxy) is 1. The minimum Gasteiger partial charge on any atom is -0.444 e. The standard InChI is InChI=1S/C29H33N7O5S/c1-18-8-9-19(13-22(18)31-26(37)23-14-30-24-7-5-6-11-36(23)24)25-32-27(41-33-25)20-15-35(16-20)42(39)21-10-12-34(17-21)28(38)40-29(2,3)4/h5-9,11,13-14,20-21H,10,12,15-17H2,1-4H3,(H,31,37). The number of nitrogens with zero attached hydrogens (tertiary/aromatic N) is 6. The molecule has 0 aliphatic carbocycles. The summed E-state index contributed by atoms with van der Waals surface area (Å²) >= 11 is 0. The summed E-state index contributed by atoms with van der Waals surface area (Å²) in [6, 6.07) is 11.2. The van der Waals surface area contributed by atoms with Crippen molar-refractivity contribution in [2.75, 3.05) is 31.5 Å². The lowest BCUT2D eigenvalue weighted by Crippen LogP contribution is -2.49. The van der Waals surface area contributed by atoms with Crippen molar-refractivity contribution in [1.82, 2.24) is 28.7 Å². The molecule has 3 aromatic heterocycles. The van der Waals surface area contributed by atoms with Crippen molar-refractivity contribution in [3.8, 4) is 11.4 Å². The van der Waals surface area contributed by atoms with Gasteiger partial charge in [0, 0.05) is 43.6 Å². The third-order valence-corrected chi connectivity index (χ3v) is 9.13. The van der Waals surface area contributed by atoms with E-state index in [0.717, 1.165) is 5.56 Å². The number of hydrogen-bond acceptors (Lipinski definition) is 8. The molecule has 13 heteroatoms. The van der Waals surface area contributed by atoms with Crippen LogP contribution in [-0.4, -0.2) is 82.0 Å². The molecule has 0 bridgehead atoms. The number of benzene rings is 1. The number of fused-ring (bicyclic) bond motifs is 1. The number of hydrogen-bond donors (Lipinski definition) is 1. The van der Waals surface area contributed by atoms with Gasteiger partial charge in [0.2, 0.25) is 11.7 Å². The number of nitrogens with one attached hydrogen (secondary N) is 1. The van der Waals surface area contributed by atoms with Crippen LogP contribution in [0.15, 0.2) is 53.3 Å². The predicted octanol–water partition coefficient (Wildman–Crippen LogP) is 4.02. The second-order valence-electron chi connectivity index (χ2n) is 11.7. The molecule has 4 aromatic rings. The van der Waals surface area contributed by atoms with Crippen LogP contribution in [-0.2, 0) is 15.7 Å². The van der Waals surface area contributed by atoms with E-state index in [9.17, 15) is 13.8 Å². The SMILES string of the molecule is Cc1ccc(-c2noc(C3CN(S(=O)C4CCN(C(=O)OC(C)(C)C)C4)C3)n2)cc1NC(=O)c1cnc2ccccn12. The highest BCUT2D eigenvalue weighted by Gasteiger charge is 2.41. The molecule has 2 atom stereocenters. The number of aromatic nitrogens is 4. The highest BCUT2D eigenvalue weighted by molar-refractivity contribution is 7.83. The maximum absolute atomic E-state index is 13.2. The number of rotatable bonds is 6. The first-order chi connectivity index (χ1) is 20.1. The van der Waals surface area contributed by atoms with Crippen LogP contribution in [0.5, 0.6) is 0 Å². The highest BCUT2D eigenvalue weighted by Crippen LogP contribution is 2.32. The van der Waals surface area contributed by atoms with Crippen molar-refractivity contribution in [1.29, 1.82) is 0 Å². The van der Waals surface area contributed by atoms with Crippen LogP contribution >= 0.6 is 0 Å². The molecular weight excluding hydrogens is 558 g/mol. The van der Waals surface area contributed by atoms with E-state index < -0.39 is 16.6 Å². The lowest BCUT2D eigenvalue weighted by Gasteiger charge is -2.37. The molecular formula is C29H33N7O5S. The van der Waals surface area contributed by atoms with Crippen LogP contribution in [0.3, 0.4) is 0 Å². The van der Waals surface area contributed by atoms with E-state index in [2.05, 4.69) is 20.4 Å². The maximum Gasteiger partial charge on any atom is 0.410 e. The molecule has 2 fully saturated rings. The van der Waals surface area contributed by atoms with E-state index in [1.165, 1.54) is 0 Å². The van der Waals surface area contributed by atoms with Crippen molar-refractivity contribution in [3.63, 3.8) is 0 Å². The van der Waals surface area contributed by atoms with Gasteiger partial charge in [-0.1, -0.05) is 23.4 Å². The van der Waals surface area contributed by atoms with Crippen molar-refractivity contribution in [2.45, 2.75) is 50.9 Å². The molecule has 1 aromatic carbocycles. The first kappa shape index (κ1) is 28.0. The molecule has 2 unspecified atom stereocenters. The molecule has 1 N–H and O–H groups in total. The Bertz CT molecular complexity index is 1670. The van der Waals surface area contributed by atoms with Gasteiger partial charge < -0.3 is 19.5 Å². The Kier molecular flexibility index (Phi) is 7.31. The van der Waals surface area contributed by atoms with E-state index >= 15 is 0 Å². The Labute approximate surface area is 245 Å². The molecule has 6 rings (SSSR count). The quantitative estimate of drug-likeness (QED) is 0.355. The Hall–Kier alpha value is -4.10. The third kappa shape index (κ3) is 5.66. The summed E-state index contributed by atoms with van der Waals surface area (Å²) in [7, 11) is -1.22. The molecule has 0 radical (unpaired) electrons. The van der Waals surface area contributed by atoms with Gasteiger partial charge in [0.25, 0.3) is 5.91 Å². The molecule has 2 aliphatic rings. The molecule has 2 amide bonds. The predicted molar refractivity (Wildman–Crippen MR) is 156 cm³/mol. The largest absolute Gasteiger partial charge is 0.444 e. The fourth-order valence-corrected chi connectivity index (χ4v) is 6.73. The summed E-state index contributed by atoms with van der Waals surface area (Å²) in [6.07, 6.45) is 3.65. The van der Waals surface area contributed by atoms with Gasteiger partial charge in [0.15, 0.2) is 0 Å². The number of amides is 2. The fraction of sp³-hybridized carbons (Fsp3) is 0.414. The van der Waals surface area contributed by atoms with Crippen molar-refractivity contribution < 1.29 is 23.1 Å². The summed E-state index contributed by atoms with van der Waals surface area (Å²) in [4.78, 5) is 35.9. The van der Waals surface area contributed by atoms with E-state index in [4.69, 9.17) is 9.26 Å². The van der Waals surface area contributed by atoms with Crippen LogP contribution in [0.25, 0.3) is 17.0 Å². The summed E-state index contributed by atoms with van der Waals surface area (Å²) < 4.78 is 27.8. The fourth-order valence-electron chi connectivity index (χ4n) is 5.04. The number of likely N-dealkylation sites (tertiary alicyclic amines) is 1. The zero-order chi connectivity index (χ0) is 29.6. The Morgan fingerprint density at radius 3 is 2.74 bits per heavy atom. The second-order valence-corrected chi connectivity index (χ2v) is 13.4. The molecule has 0 saturated carbocycles. The first-order valence-corrected chi connectivity index (χ1v) is 15.0. The monoisotopic (exact) mass is 591 g/mol. The second kappa shape index (κ2) is 11.0. The van der Waals surface area contributed by atoms with Crippen molar-refractivity contribution in [2.24, 2.45) is 0 Å².